The van der Waals surface area contributed by atoms with Crippen LogP contribution in [0.2, 0.25) is 0 Å². The zero-order valence-electron chi connectivity index (χ0n) is 10.3. The third kappa shape index (κ3) is 3.34. The number of rotatable bonds is 4. The van der Waals surface area contributed by atoms with Crippen LogP contribution >= 0.6 is 27.7 Å². The second kappa shape index (κ2) is 5.86. The van der Waals surface area contributed by atoms with E-state index in [9.17, 15) is 0 Å². The summed E-state index contributed by atoms with van der Waals surface area (Å²) in [6.45, 7) is 2.01. The number of benzene rings is 1. The molecule has 4 nitrogen and oxygen atoms in total. The summed E-state index contributed by atoms with van der Waals surface area (Å²) in [5.41, 5.74) is 7.04. The third-order valence-electron chi connectivity index (χ3n) is 2.45. The van der Waals surface area contributed by atoms with Crippen LogP contribution in [0, 0.1) is 0 Å². The molecule has 1 heterocycles. The first-order valence-corrected chi connectivity index (χ1v) is 7.23. The number of nitrogens with two attached hydrogens (primary N) is 1. The van der Waals surface area contributed by atoms with Gasteiger partial charge in [0.2, 0.25) is 0 Å². The van der Waals surface area contributed by atoms with Gasteiger partial charge in [-0.2, -0.15) is 0 Å². The molecule has 0 fully saturated rings. The standard InChI is InChI=1S/C12H15BrN4S/c1-8(14)5-9-3-4-10(6-11(9)13)18-12-16-15-7-17(12)2/h3-4,6-8H,5,14H2,1-2H3. The minimum Gasteiger partial charge on any atom is -0.328 e. The maximum Gasteiger partial charge on any atom is 0.195 e. The van der Waals surface area contributed by atoms with Gasteiger partial charge >= 0.3 is 0 Å². The van der Waals surface area contributed by atoms with E-state index in [1.807, 2.05) is 18.5 Å². The molecule has 2 N–H and O–H groups in total. The van der Waals surface area contributed by atoms with Gasteiger partial charge in [-0.05, 0) is 42.8 Å². The van der Waals surface area contributed by atoms with Crippen molar-refractivity contribution in [3.05, 3.63) is 34.6 Å². The van der Waals surface area contributed by atoms with Crippen molar-refractivity contribution < 1.29 is 0 Å². The van der Waals surface area contributed by atoms with Crippen LogP contribution < -0.4 is 5.73 Å². The zero-order valence-corrected chi connectivity index (χ0v) is 12.7. The quantitative estimate of drug-likeness (QED) is 0.938. The van der Waals surface area contributed by atoms with Crippen LogP contribution in [0.25, 0.3) is 0 Å². The van der Waals surface area contributed by atoms with Crippen molar-refractivity contribution in [1.82, 2.24) is 14.8 Å². The van der Waals surface area contributed by atoms with Crippen molar-refractivity contribution in [3.8, 4) is 0 Å². The average molecular weight is 327 g/mol. The molecule has 1 aromatic heterocycles. The summed E-state index contributed by atoms with van der Waals surface area (Å²) >= 11 is 5.18. The average Bonchev–Trinajstić information content (AvgIpc) is 2.68. The van der Waals surface area contributed by atoms with Crippen LogP contribution in [-0.2, 0) is 13.5 Å². The Morgan fingerprint density at radius 2 is 2.28 bits per heavy atom. The Kier molecular flexibility index (Phi) is 4.42. The minimum absolute atomic E-state index is 0.165. The van der Waals surface area contributed by atoms with Crippen LogP contribution in [-0.4, -0.2) is 20.8 Å². The lowest BCUT2D eigenvalue weighted by atomic mass is 10.1. The first-order valence-electron chi connectivity index (χ1n) is 5.62. The minimum atomic E-state index is 0.165. The van der Waals surface area contributed by atoms with Crippen molar-refractivity contribution in [2.45, 2.75) is 29.4 Å². The monoisotopic (exact) mass is 326 g/mol. The van der Waals surface area contributed by atoms with E-state index in [1.165, 1.54) is 5.56 Å². The molecule has 0 saturated heterocycles. The maximum absolute atomic E-state index is 5.81. The van der Waals surface area contributed by atoms with E-state index < -0.39 is 0 Å². The Balaban J connectivity index is 2.16. The van der Waals surface area contributed by atoms with Crippen molar-refractivity contribution in [2.75, 3.05) is 0 Å². The van der Waals surface area contributed by atoms with Gasteiger partial charge in [-0.25, -0.2) is 0 Å². The maximum atomic E-state index is 5.81. The van der Waals surface area contributed by atoms with Gasteiger partial charge in [0.15, 0.2) is 5.16 Å². The molecule has 2 rings (SSSR count). The number of hydrogen-bond acceptors (Lipinski definition) is 4. The lowest BCUT2D eigenvalue weighted by molar-refractivity contribution is 0.735. The molecule has 0 amide bonds. The summed E-state index contributed by atoms with van der Waals surface area (Å²) in [7, 11) is 1.93. The molecular weight excluding hydrogens is 312 g/mol. The molecule has 1 aromatic carbocycles. The Hall–Kier alpha value is -0.850. The molecule has 0 aliphatic carbocycles. The fourth-order valence-electron chi connectivity index (χ4n) is 1.57. The highest BCUT2D eigenvalue weighted by Crippen LogP contribution is 2.29. The van der Waals surface area contributed by atoms with Gasteiger partial charge in [0, 0.05) is 22.5 Å². The summed E-state index contributed by atoms with van der Waals surface area (Å²) < 4.78 is 2.99. The Bertz CT molecular complexity index is 539. The van der Waals surface area contributed by atoms with Crippen LogP contribution in [0.3, 0.4) is 0 Å². The van der Waals surface area contributed by atoms with Gasteiger partial charge in [-0.15, -0.1) is 10.2 Å². The van der Waals surface area contributed by atoms with Crippen molar-refractivity contribution >= 4 is 27.7 Å². The molecule has 0 aliphatic heterocycles. The van der Waals surface area contributed by atoms with Gasteiger partial charge in [0.05, 0.1) is 0 Å². The number of aryl methyl sites for hydroxylation is 1. The highest BCUT2D eigenvalue weighted by atomic mass is 79.9. The second-order valence-corrected chi connectivity index (χ2v) is 6.16. The second-order valence-electron chi connectivity index (χ2n) is 4.26. The van der Waals surface area contributed by atoms with Gasteiger partial charge < -0.3 is 10.3 Å². The predicted molar refractivity (Wildman–Crippen MR) is 76.6 cm³/mol. The molecule has 0 spiro atoms. The summed E-state index contributed by atoms with van der Waals surface area (Å²) in [6.07, 6.45) is 2.57. The largest absolute Gasteiger partial charge is 0.328 e. The van der Waals surface area contributed by atoms with Crippen LogP contribution in [0.1, 0.15) is 12.5 Å². The number of hydrogen-bond donors (Lipinski definition) is 1. The summed E-state index contributed by atoms with van der Waals surface area (Å²) in [6, 6.07) is 6.45. The van der Waals surface area contributed by atoms with E-state index in [4.69, 9.17) is 5.73 Å². The fourth-order valence-corrected chi connectivity index (χ4v) is 3.07. The molecule has 6 heteroatoms. The summed E-state index contributed by atoms with van der Waals surface area (Å²) in [5, 5.41) is 8.79. The van der Waals surface area contributed by atoms with E-state index in [0.29, 0.717) is 0 Å². The molecule has 0 bridgehead atoms. The lowest BCUT2D eigenvalue weighted by Crippen LogP contribution is -2.17. The van der Waals surface area contributed by atoms with E-state index in [0.717, 1.165) is 20.9 Å². The number of aromatic nitrogens is 3. The van der Waals surface area contributed by atoms with Gasteiger partial charge in [-0.3, -0.25) is 0 Å². The van der Waals surface area contributed by atoms with Gasteiger partial charge in [0.1, 0.15) is 6.33 Å². The molecule has 96 valence electrons. The normalized spacial score (nSPS) is 12.7. The fraction of sp³-hybridized carbons (Fsp3) is 0.333. The molecule has 2 aromatic rings. The molecule has 0 radical (unpaired) electrons. The highest BCUT2D eigenvalue weighted by molar-refractivity contribution is 9.10. The first-order chi connectivity index (χ1) is 8.56. The van der Waals surface area contributed by atoms with E-state index in [-0.39, 0.29) is 6.04 Å². The van der Waals surface area contributed by atoms with Crippen molar-refractivity contribution in [2.24, 2.45) is 12.8 Å². The van der Waals surface area contributed by atoms with E-state index >= 15 is 0 Å². The van der Waals surface area contributed by atoms with E-state index in [1.54, 1.807) is 18.1 Å². The van der Waals surface area contributed by atoms with Gasteiger partial charge in [-0.1, -0.05) is 22.0 Å². The number of nitrogens with zero attached hydrogens (tertiary/aromatic N) is 3. The lowest BCUT2D eigenvalue weighted by Gasteiger charge is -2.09. The Morgan fingerprint density at radius 3 is 2.83 bits per heavy atom. The van der Waals surface area contributed by atoms with Gasteiger partial charge in [0.25, 0.3) is 0 Å². The highest BCUT2D eigenvalue weighted by Gasteiger charge is 2.07. The Labute approximate surface area is 119 Å². The topological polar surface area (TPSA) is 56.7 Å². The Morgan fingerprint density at radius 1 is 1.50 bits per heavy atom. The van der Waals surface area contributed by atoms with Crippen LogP contribution in [0.5, 0.6) is 0 Å². The summed E-state index contributed by atoms with van der Waals surface area (Å²) in [4.78, 5) is 1.13. The van der Waals surface area contributed by atoms with Crippen LogP contribution in [0.15, 0.2) is 39.1 Å². The zero-order chi connectivity index (χ0) is 13.1. The molecule has 1 unspecified atom stereocenters. The van der Waals surface area contributed by atoms with Crippen LogP contribution in [0.4, 0.5) is 0 Å². The molecular formula is C12H15BrN4S. The predicted octanol–water partition coefficient (Wildman–Crippen LogP) is 2.62. The smallest absolute Gasteiger partial charge is 0.195 e. The number of halogens is 1. The molecule has 0 aliphatic rings. The SMILES string of the molecule is CC(N)Cc1ccc(Sc2nncn2C)cc1Br. The van der Waals surface area contributed by atoms with E-state index in [2.05, 4.69) is 44.3 Å². The third-order valence-corrected chi connectivity index (χ3v) is 4.23. The molecule has 0 saturated carbocycles. The molecule has 18 heavy (non-hydrogen) atoms. The van der Waals surface area contributed by atoms with Crippen molar-refractivity contribution in [1.29, 1.82) is 0 Å². The first kappa shape index (κ1) is 13.6. The summed E-state index contributed by atoms with van der Waals surface area (Å²) in [5.74, 6) is 0. The van der Waals surface area contributed by atoms with Crippen molar-refractivity contribution in [3.63, 3.8) is 0 Å². The molecule has 1 atom stereocenters.